The number of sulfonamides is 2. The Labute approximate surface area is 259 Å². The molecule has 2 rings (SSSR count). The number of hydrogen-bond donors (Lipinski definition) is 5. The van der Waals surface area contributed by atoms with E-state index in [-0.39, 0.29) is 29.0 Å². The van der Waals surface area contributed by atoms with E-state index in [1.54, 1.807) is 0 Å². The summed E-state index contributed by atoms with van der Waals surface area (Å²) in [6.07, 6.45) is -0.455. The Morgan fingerprint density at radius 2 is 1.24 bits per heavy atom. The average Bonchev–Trinajstić information content (AvgIpc) is 2.86. The maximum absolute atomic E-state index is 13.9. The van der Waals surface area contributed by atoms with Crippen molar-refractivity contribution in [1.82, 2.24) is 6.15 Å². The molecule has 0 aromatic heterocycles. The number of benzene rings is 2. The largest absolute Gasteiger partial charge is 0.478 e. The van der Waals surface area contributed by atoms with E-state index in [1.807, 2.05) is 32.0 Å². The average molecular weight is 786 g/mol. The van der Waals surface area contributed by atoms with Crippen LogP contribution in [-0.2, 0) is 20.0 Å². The van der Waals surface area contributed by atoms with Gasteiger partial charge in [-0.1, -0.05) is 45.8 Å². The van der Waals surface area contributed by atoms with Gasteiger partial charge in [0.2, 0.25) is 20.0 Å². The Bertz CT molecular complexity index is 1320. The highest BCUT2D eigenvalue weighted by molar-refractivity contribution is 14.1. The molecule has 0 saturated heterocycles. The first-order chi connectivity index (χ1) is 19.0. The van der Waals surface area contributed by atoms with Gasteiger partial charge in [0.1, 0.15) is 5.56 Å². The molecule has 20 heteroatoms. The summed E-state index contributed by atoms with van der Waals surface area (Å²) in [5.41, 5.74) is 2.51. The van der Waals surface area contributed by atoms with Crippen molar-refractivity contribution >= 4 is 89.1 Å². The van der Waals surface area contributed by atoms with Crippen LogP contribution in [0.2, 0.25) is 10.0 Å². The van der Waals surface area contributed by atoms with E-state index >= 15 is 0 Å². The van der Waals surface area contributed by atoms with Crippen LogP contribution in [0, 0.1) is 11.6 Å². The first-order valence-corrected chi connectivity index (χ1v) is 16.0. The molecule has 0 saturated carbocycles. The number of carboxylic acid groups (broad SMARTS) is 1. The number of aromatic carboxylic acids is 1. The van der Waals surface area contributed by atoms with Crippen molar-refractivity contribution in [2.75, 3.05) is 39.2 Å². The summed E-state index contributed by atoms with van der Waals surface area (Å²) >= 11 is 13.0. The first-order valence-electron chi connectivity index (χ1n) is 11.2. The van der Waals surface area contributed by atoms with Gasteiger partial charge in [-0.15, -0.1) is 0 Å². The maximum Gasteiger partial charge on any atom is 0.340 e. The summed E-state index contributed by atoms with van der Waals surface area (Å²) in [7, 11) is -7.84. The second-order valence-electron chi connectivity index (χ2n) is 7.16. The number of anilines is 2. The third kappa shape index (κ3) is 13.6. The van der Waals surface area contributed by atoms with Gasteiger partial charge in [-0.25, -0.2) is 30.4 Å². The molecule has 1 amide bonds. The molecule has 0 aliphatic carbocycles. The normalized spacial score (nSPS) is 11.0. The molecule has 0 atom stereocenters. The number of halogens is 7. The molecule has 0 aliphatic rings. The standard InChI is InChI=1S/C10H11ClF2N2O3S.C10H10ClF2NO4S.CH3I.H3N/c11-6-2-3-7(9(13)8(6)10(14)16)15-19(17,18)5-1-4-12;11-6-2-3-7(9(13)8(6)10(15)16)14-19(17,18)5-1-4-12;1-2;/h2-3,15H,1,4-5H2,(H2,14,16);2-3,14H,1,4-5H2,(H,15,16);1H3;1H3/i;;1D;. The van der Waals surface area contributed by atoms with Gasteiger partial charge >= 0.3 is 5.97 Å². The summed E-state index contributed by atoms with van der Waals surface area (Å²) in [5, 5.41) is 8.18. The number of carbonyl (C=O) groups is 2. The summed E-state index contributed by atoms with van der Waals surface area (Å²) < 4.78 is 107. The van der Waals surface area contributed by atoms with Crippen LogP contribution in [0.3, 0.4) is 0 Å². The predicted octanol–water partition coefficient (Wildman–Crippen LogP) is 5.17. The van der Waals surface area contributed by atoms with E-state index in [1.165, 1.54) is 0 Å². The molecule has 0 radical (unpaired) electrons. The van der Waals surface area contributed by atoms with E-state index in [0.29, 0.717) is 4.91 Å². The number of rotatable bonds is 12. The van der Waals surface area contributed by atoms with Crippen molar-refractivity contribution in [3.8, 4) is 0 Å². The van der Waals surface area contributed by atoms with Crippen molar-refractivity contribution in [1.29, 1.82) is 0 Å². The number of nitrogens with two attached hydrogens (primary N) is 1. The van der Waals surface area contributed by atoms with Gasteiger partial charge in [-0.05, 0) is 42.0 Å². The highest BCUT2D eigenvalue weighted by Gasteiger charge is 2.22. The Balaban J connectivity index is 0. The third-order valence-electron chi connectivity index (χ3n) is 4.27. The van der Waals surface area contributed by atoms with Crippen LogP contribution in [0.4, 0.5) is 28.9 Å². The van der Waals surface area contributed by atoms with Gasteiger partial charge in [0.15, 0.2) is 11.6 Å². The molecular formula is C21H27Cl2F4IN4O7S2. The molecule has 2 aromatic rings. The van der Waals surface area contributed by atoms with E-state index < -0.39 is 90.9 Å². The second kappa shape index (κ2) is 19.1. The minimum absolute atomic E-state index is 0. The van der Waals surface area contributed by atoms with E-state index in [9.17, 15) is 44.0 Å². The zero-order chi connectivity index (χ0) is 32.0. The number of hydrogen-bond acceptors (Lipinski definition) is 7. The van der Waals surface area contributed by atoms with Gasteiger partial charge in [0.05, 0.1) is 51.8 Å². The molecule has 0 aliphatic heterocycles. The summed E-state index contributed by atoms with van der Waals surface area (Å²) in [6.45, 7) is -1.64. The molecule has 0 bridgehead atoms. The zero-order valence-corrected chi connectivity index (χ0v) is 26.2. The molecule has 2 aromatic carbocycles. The first kappa shape index (κ1) is 38.9. The molecule has 0 unspecified atom stereocenters. The monoisotopic (exact) mass is 785 g/mol. The highest BCUT2D eigenvalue weighted by Crippen LogP contribution is 2.27. The molecule has 0 spiro atoms. The zero-order valence-electron chi connectivity index (χ0n) is 21.9. The van der Waals surface area contributed by atoms with Gasteiger partial charge in [-0.3, -0.25) is 23.0 Å². The lowest BCUT2D eigenvalue weighted by Gasteiger charge is -2.10. The lowest BCUT2D eigenvalue weighted by Crippen LogP contribution is -2.20. The summed E-state index contributed by atoms with van der Waals surface area (Å²) in [4.78, 5) is 22.3. The van der Waals surface area contributed by atoms with Gasteiger partial charge in [0.25, 0.3) is 5.91 Å². The topological polar surface area (TPSA) is 208 Å². The smallest absolute Gasteiger partial charge is 0.340 e. The van der Waals surface area contributed by atoms with Crippen molar-refractivity contribution in [2.45, 2.75) is 12.8 Å². The van der Waals surface area contributed by atoms with Gasteiger partial charge in [0, 0.05) is 1.37 Å². The van der Waals surface area contributed by atoms with Crippen molar-refractivity contribution in [3.05, 3.63) is 57.1 Å². The van der Waals surface area contributed by atoms with Crippen molar-refractivity contribution in [3.63, 3.8) is 0 Å². The number of alkyl halides is 3. The minimum atomic E-state index is -3.94. The maximum atomic E-state index is 13.9. The third-order valence-corrected chi connectivity index (χ3v) is 7.61. The second-order valence-corrected chi connectivity index (χ2v) is 11.7. The Morgan fingerprint density at radius 3 is 1.56 bits per heavy atom. The van der Waals surface area contributed by atoms with Crippen LogP contribution in [-0.4, -0.2) is 63.6 Å². The van der Waals surface area contributed by atoms with Crippen LogP contribution < -0.4 is 21.3 Å². The Kier molecular flexibility index (Phi) is 18.1. The van der Waals surface area contributed by atoms with Crippen LogP contribution in [0.25, 0.3) is 0 Å². The molecule has 8 N–H and O–H groups in total. The molecule has 234 valence electrons. The van der Waals surface area contributed by atoms with E-state index in [4.69, 9.17) is 35.4 Å². The predicted molar refractivity (Wildman–Crippen MR) is 159 cm³/mol. The van der Waals surface area contributed by atoms with Crippen LogP contribution >= 0.6 is 45.8 Å². The van der Waals surface area contributed by atoms with E-state index in [0.717, 1.165) is 24.3 Å². The quantitative estimate of drug-likeness (QED) is 0.110. The highest BCUT2D eigenvalue weighted by atomic mass is 127. The lowest BCUT2D eigenvalue weighted by molar-refractivity contribution is 0.0692. The number of amides is 1. The summed E-state index contributed by atoms with van der Waals surface area (Å²) in [6, 6.07) is 4.24. The van der Waals surface area contributed by atoms with E-state index in [2.05, 4.69) is 0 Å². The lowest BCUT2D eigenvalue weighted by atomic mass is 10.2. The Morgan fingerprint density at radius 1 is 0.902 bits per heavy atom. The molecule has 0 heterocycles. The Hall–Kier alpha value is -2.13. The fourth-order valence-electron chi connectivity index (χ4n) is 2.61. The van der Waals surface area contributed by atoms with Crippen LogP contribution in [0.1, 0.15) is 34.9 Å². The number of carbonyl (C=O) groups excluding carboxylic acids is 1. The minimum Gasteiger partial charge on any atom is -0.478 e. The number of primary amides is 1. The van der Waals surface area contributed by atoms with Crippen molar-refractivity contribution < 1.29 is 50.5 Å². The SMILES string of the molecule is N.NC(=O)c1c(Cl)ccc(NS(=O)(=O)CCCF)c1F.O=C(O)c1c(Cl)ccc(NS(=O)(=O)CCCF)c1F.[2H]CI. The summed E-state index contributed by atoms with van der Waals surface area (Å²) in [5.74, 6) is -6.22. The van der Waals surface area contributed by atoms with Crippen molar-refractivity contribution in [2.24, 2.45) is 5.73 Å². The fourth-order valence-corrected chi connectivity index (χ4v) is 5.24. The molecular weight excluding hydrogens is 758 g/mol. The fraction of sp³-hybridized carbons (Fsp3) is 0.333. The molecule has 0 fully saturated rings. The van der Waals surface area contributed by atoms with Gasteiger partial charge in [-0.2, -0.15) is 0 Å². The van der Waals surface area contributed by atoms with Crippen LogP contribution in [0.5, 0.6) is 0 Å². The molecule has 41 heavy (non-hydrogen) atoms. The molecule has 11 nitrogen and oxygen atoms in total. The number of carboxylic acids is 1. The van der Waals surface area contributed by atoms with Gasteiger partial charge < -0.3 is 17.0 Å². The van der Waals surface area contributed by atoms with Crippen LogP contribution in [0.15, 0.2) is 24.3 Å². The number of nitrogens with one attached hydrogen (secondary N) is 2.